The van der Waals surface area contributed by atoms with E-state index in [9.17, 15) is 32.4 Å². The first-order valence-corrected chi connectivity index (χ1v) is 20.0. The summed E-state index contributed by atoms with van der Waals surface area (Å²) in [5.74, 6) is -2.50. The van der Waals surface area contributed by atoms with Gasteiger partial charge < -0.3 is 26.2 Å². The Hall–Kier alpha value is -2.70. The molecule has 4 rings (SSSR count). The summed E-state index contributed by atoms with van der Waals surface area (Å²) < 4.78 is 25.6. The van der Waals surface area contributed by atoms with Crippen LogP contribution in [0.5, 0.6) is 0 Å². The van der Waals surface area contributed by atoms with Gasteiger partial charge in [-0.15, -0.1) is 0 Å². The Bertz CT molecular complexity index is 1400. The van der Waals surface area contributed by atoms with Crippen molar-refractivity contribution in [2.24, 2.45) is 22.7 Å². The molecule has 5 amide bonds. The van der Waals surface area contributed by atoms with Crippen molar-refractivity contribution in [1.29, 1.82) is 0 Å². The zero-order valence-electron chi connectivity index (χ0n) is 31.2. The van der Waals surface area contributed by atoms with Crippen molar-refractivity contribution in [3.05, 3.63) is 0 Å². The Labute approximate surface area is 293 Å². The fourth-order valence-electron chi connectivity index (χ4n) is 7.73. The van der Waals surface area contributed by atoms with Crippen LogP contribution in [0.4, 0.5) is 4.79 Å². The standard InChI is InChI=1S/C36H61N5O7S/c1-10-11-15-24(27(42)30(44)37-22-16-17-22)38-29(43)26-25-23(35(25,8)9)20-41(26)31(45)28(33(2,3)4)39-32(46)40-36(18-13-12-14-19-36)21-49(47,48)34(5,6)7/h22-26,28H,10-21H2,1-9H3,(H,37,44)(H,38,43)(H2,39,40,46)/t23-,24-,25-,26?,28+/m0/s1. The second kappa shape index (κ2) is 14.1. The van der Waals surface area contributed by atoms with E-state index in [-0.39, 0.29) is 29.0 Å². The van der Waals surface area contributed by atoms with Crippen molar-refractivity contribution in [1.82, 2.24) is 26.2 Å². The van der Waals surface area contributed by atoms with Gasteiger partial charge in [-0.1, -0.05) is 73.6 Å². The molecule has 4 aliphatic rings. The highest BCUT2D eigenvalue weighted by Crippen LogP contribution is 2.65. The SMILES string of the molecule is CCCC[C@H](NC(=O)C1[C@@H]2[C@H](CN1C(=O)[C@@H](NC(=O)NC1(CS(=O)(=O)C(C)(C)C)CCCCC1)C(C)(C)C)C2(C)C)C(=O)C(=O)NC1CC1. The number of hydrogen-bond acceptors (Lipinski definition) is 7. The maximum Gasteiger partial charge on any atom is 0.315 e. The Morgan fingerprint density at radius 3 is 2.06 bits per heavy atom. The van der Waals surface area contributed by atoms with E-state index in [1.165, 1.54) is 4.90 Å². The van der Waals surface area contributed by atoms with Crippen LogP contribution >= 0.6 is 0 Å². The van der Waals surface area contributed by atoms with E-state index in [0.717, 1.165) is 38.5 Å². The van der Waals surface area contributed by atoms with Crippen molar-refractivity contribution < 1.29 is 32.4 Å². The summed E-state index contributed by atoms with van der Waals surface area (Å²) in [6.45, 7) is 16.9. The number of hydrogen-bond donors (Lipinski definition) is 4. The molecule has 4 N–H and O–H groups in total. The first-order chi connectivity index (χ1) is 22.5. The predicted octanol–water partition coefficient (Wildman–Crippen LogP) is 3.62. The quantitative estimate of drug-likeness (QED) is 0.212. The summed E-state index contributed by atoms with van der Waals surface area (Å²) in [6.07, 6.45) is 6.97. The van der Waals surface area contributed by atoms with Crippen molar-refractivity contribution in [3.63, 3.8) is 0 Å². The zero-order chi connectivity index (χ0) is 36.7. The third-order valence-corrected chi connectivity index (χ3v) is 14.2. The number of piperidine rings is 1. The second-order valence-electron chi connectivity index (χ2n) is 17.8. The molecule has 0 aromatic rings. The zero-order valence-corrected chi connectivity index (χ0v) is 32.0. The summed E-state index contributed by atoms with van der Waals surface area (Å²) in [5, 5.41) is 11.5. The molecule has 12 nitrogen and oxygen atoms in total. The number of nitrogens with zero attached hydrogens (tertiary/aromatic N) is 1. The van der Waals surface area contributed by atoms with E-state index in [2.05, 4.69) is 35.1 Å². The molecule has 1 unspecified atom stereocenters. The number of amides is 5. The lowest BCUT2D eigenvalue weighted by atomic mass is 9.83. The summed E-state index contributed by atoms with van der Waals surface area (Å²) in [5.41, 5.74) is -1.90. The van der Waals surface area contributed by atoms with E-state index in [0.29, 0.717) is 32.2 Å². The van der Waals surface area contributed by atoms with Gasteiger partial charge in [-0.05, 0) is 75.5 Å². The van der Waals surface area contributed by atoms with Gasteiger partial charge >= 0.3 is 6.03 Å². The lowest BCUT2D eigenvalue weighted by molar-refractivity contribution is -0.145. The van der Waals surface area contributed by atoms with Crippen LogP contribution in [0.2, 0.25) is 0 Å². The molecule has 0 aromatic heterocycles. The first kappa shape index (κ1) is 39.1. The molecule has 0 bridgehead atoms. The van der Waals surface area contributed by atoms with E-state index >= 15 is 0 Å². The van der Waals surface area contributed by atoms with Gasteiger partial charge in [-0.2, -0.15) is 0 Å². The normalized spacial score (nSPS) is 25.7. The Morgan fingerprint density at radius 2 is 1.53 bits per heavy atom. The number of urea groups is 1. The molecule has 1 heterocycles. The topological polar surface area (TPSA) is 171 Å². The van der Waals surface area contributed by atoms with Gasteiger partial charge in [0.25, 0.3) is 5.91 Å². The van der Waals surface area contributed by atoms with Crippen LogP contribution in [0.15, 0.2) is 0 Å². The molecule has 0 spiro atoms. The highest BCUT2D eigenvalue weighted by Gasteiger charge is 2.70. The Morgan fingerprint density at radius 1 is 0.918 bits per heavy atom. The van der Waals surface area contributed by atoms with Crippen molar-refractivity contribution >= 4 is 39.4 Å². The predicted molar refractivity (Wildman–Crippen MR) is 188 cm³/mol. The smallest absolute Gasteiger partial charge is 0.315 e. The average molecular weight is 708 g/mol. The highest BCUT2D eigenvalue weighted by molar-refractivity contribution is 7.92. The largest absolute Gasteiger partial charge is 0.347 e. The minimum atomic E-state index is -3.56. The number of rotatable bonds is 13. The van der Waals surface area contributed by atoms with Crippen molar-refractivity contribution in [2.45, 2.75) is 161 Å². The lowest BCUT2D eigenvalue weighted by Crippen LogP contribution is -2.64. The van der Waals surface area contributed by atoms with Crippen LogP contribution in [0.25, 0.3) is 0 Å². The molecule has 1 aliphatic heterocycles. The number of Topliss-reactive ketones (excluding diaryl/α,β-unsaturated/α-hetero) is 1. The molecule has 13 heteroatoms. The van der Waals surface area contributed by atoms with Crippen molar-refractivity contribution in [2.75, 3.05) is 12.3 Å². The summed E-state index contributed by atoms with van der Waals surface area (Å²) in [4.78, 5) is 69.7. The molecule has 3 aliphatic carbocycles. The van der Waals surface area contributed by atoms with Crippen LogP contribution < -0.4 is 21.3 Å². The van der Waals surface area contributed by atoms with Crippen molar-refractivity contribution in [3.8, 4) is 0 Å². The van der Waals surface area contributed by atoms with Gasteiger partial charge in [-0.25, -0.2) is 13.2 Å². The van der Waals surface area contributed by atoms with Gasteiger partial charge in [0.1, 0.15) is 12.1 Å². The molecule has 4 fully saturated rings. The van der Waals surface area contributed by atoms with Gasteiger partial charge in [0.15, 0.2) is 9.84 Å². The number of likely N-dealkylation sites (tertiary alicyclic amines) is 1. The second-order valence-corrected chi connectivity index (χ2v) is 20.6. The molecule has 1 saturated heterocycles. The fraction of sp³-hybridized carbons (Fsp3) is 0.861. The fourth-order valence-corrected chi connectivity index (χ4v) is 9.25. The summed E-state index contributed by atoms with van der Waals surface area (Å²) in [6, 6.07) is -3.50. The van der Waals surface area contributed by atoms with Crippen LogP contribution in [0, 0.1) is 22.7 Å². The Kier molecular flexibility index (Phi) is 11.3. The minimum absolute atomic E-state index is 0.00450. The molecule has 49 heavy (non-hydrogen) atoms. The molecule has 278 valence electrons. The van der Waals surface area contributed by atoms with Gasteiger partial charge in [-0.3, -0.25) is 19.2 Å². The van der Waals surface area contributed by atoms with E-state index in [1.807, 2.05) is 27.7 Å². The number of fused-ring (bicyclic) bond motifs is 1. The maximum absolute atomic E-state index is 14.5. The monoisotopic (exact) mass is 707 g/mol. The average Bonchev–Trinajstić information content (AvgIpc) is 3.83. The number of carbonyl (C=O) groups excluding carboxylic acids is 5. The van der Waals surface area contributed by atoms with Gasteiger partial charge in [0, 0.05) is 12.6 Å². The van der Waals surface area contributed by atoms with E-state index in [1.54, 1.807) is 20.8 Å². The first-order valence-electron chi connectivity index (χ1n) is 18.3. The highest BCUT2D eigenvalue weighted by atomic mass is 32.2. The molecular weight excluding hydrogens is 646 g/mol. The molecule has 0 radical (unpaired) electrons. The van der Waals surface area contributed by atoms with E-state index in [4.69, 9.17) is 0 Å². The van der Waals surface area contributed by atoms with Crippen LogP contribution in [-0.2, 0) is 29.0 Å². The third kappa shape index (κ3) is 8.79. The summed E-state index contributed by atoms with van der Waals surface area (Å²) >= 11 is 0. The number of nitrogens with one attached hydrogen (secondary N) is 4. The minimum Gasteiger partial charge on any atom is -0.347 e. The summed E-state index contributed by atoms with van der Waals surface area (Å²) in [7, 11) is -3.56. The number of unbranched alkanes of at least 4 members (excludes halogenated alkanes) is 1. The number of ketones is 1. The molecular formula is C36H61N5O7S. The van der Waals surface area contributed by atoms with Gasteiger partial charge in [0.2, 0.25) is 17.6 Å². The van der Waals surface area contributed by atoms with Crippen LogP contribution in [0.3, 0.4) is 0 Å². The molecule has 3 saturated carbocycles. The molecule has 5 atom stereocenters. The van der Waals surface area contributed by atoms with Gasteiger partial charge in [0.05, 0.1) is 22.1 Å². The van der Waals surface area contributed by atoms with Crippen LogP contribution in [0.1, 0.15) is 127 Å². The molecule has 0 aromatic carbocycles. The van der Waals surface area contributed by atoms with E-state index < -0.39 is 73.2 Å². The lowest BCUT2D eigenvalue weighted by Gasteiger charge is -2.41. The Balaban J connectivity index is 1.54. The van der Waals surface area contributed by atoms with Crippen LogP contribution in [-0.4, -0.2) is 89.6 Å². The maximum atomic E-state index is 14.5. The number of sulfone groups is 1. The number of carbonyl (C=O) groups is 5. The third-order valence-electron chi connectivity index (χ3n) is 11.4.